The van der Waals surface area contributed by atoms with Gasteiger partial charge in [0.15, 0.2) is 34.1 Å². The molecule has 0 amide bonds. The number of imidazole rings is 3. The molecule has 17 rings (SSSR count). The van der Waals surface area contributed by atoms with Crippen molar-refractivity contribution in [3.8, 4) is 0 Å². The third-order valence-corrected chi connectivity index (χ3v) is 35.5. The van der Waals surface area contributed by atoms with Crippen LogP contribution in [0.2, 0.25) is 0 Å². The second kappa shape index (κ2) is 44.2. The number of nitrogens with one attached hydrogen (secondary N) is 4. The predicted molar refractivity (Wildman–Crippen MR) is 530 cm³/mol. The Morgan fingerprint density at radius 3 is 0.993 bits per heavy atom. The Morgan fingerprint density at radius 1 is 0.363 bits per heavy atom. The molecular weight excluding hydrogens is 2220 g/mol. The quantitative estimate of drug-likeness (QED) is 0.0191. The maximum Gasteiger partial charge on any atom is 0.386 e. The summed E-state index contributed by atoms with van der Waals surface area (Å²) < 4.78 is 152. The summed E-state index contributed by atoms with van der Waals surface area (Å²) in [5, 5.41) is 0. The normalized spacial score (nSPS) is 29.5. The van der Waals surface area contributed by atoms with Crippen LogP contribution < -0.4 is 67.9 Å². The molecule has 146 heavy (non-hydrogen) atoms. The molecule has 28 atom stereocenters. The molecule has 0 bridgehead atoms. The molecular formula is C72H95N24O36P7S7. The van der Waals surface area contributed by atoms with Gasteiger partial charge in [-0.3, -0.25) is 80.1 Å². The molecule has 18 N–H and O–H groups in total. The Morgan fingerprint density at radius 2 is 0.651 bits per heavy atom. The van der Waals surface area contributed by atoms with Gasteiger partial charge in [-0.1, -0.05) is 19.2 Å². The number of nitrogen functional groups attached to an aromatic ring is 4. The van der Waals surface area contributed by atoms with Crippen LogP contribution in [0.25, 0.3) is 33.5 Å². The van der Waals surface area contributed by atoms with Crippen LogP contribution in [-0.4, -0.2) is 258 Å². The van der Waals surface area contributed by atoms with Crippen LogP contribution in [0.15, 0.2) is 94.8 Å². The number of aromatic amines is 4. The largest absolute Gasteiger partial charge is 0.386 e. The van der Waals surface area contributed by atoms with Gasteiger partial charge < -0.3 is 140 Å². The van der Waals surface area contributed by atoms with Crippen LogP contribution in [0.4, 0.5) is 23.4 Å². The fourth-order valence-corrected chi connectivity index (χ4v) is 26.9. The molecule has 17 heterocycles. The van der Waals surface area contributed by atoms with Gasteiger partial charge in [-0.2, -0.15) is 9.97 Å². The van der Waals surface area contributed by atoms with Gasteiger partial charge >= 0.3 is 69.9 Å². The summed E-state index contributed by atoms with van der Waals surface area (Å²) in [6.45, 7) is -28.6. The minimum atomic E-state index is -4.77. The van der Waals surface area contributed by atoms with Crippen molar-refractivity contribution in [1.82, 2.24) is 96.8 Å². The molecule has 0 spiro atoms. The first-order chi connectivity index (χ1) is 68.8. The van der Waals surface area contributed by atoms with Gasteiger partial charge in [-0.25, -0.2) is 58.6 Å². The van der Waals surface area contributed by atoms with Crippen molar-refractivity contribution in [3.63, 3.8) is 0 Å². The number of aryl methyl sites for hydroxylation is 4. The zero-order chi connectivity index (χ0) is 105. The average Bonchev–Trinajstić information content (AvgIpc) is 1.62. The molecule has 0 aliphatic carbocycles. The average molecular weight is 2310 g/mol. The highest BCUT2D eigenvalue weighted by molar-refractivity contribution is 8.44. The Hall–Kier alpha value is -7.03. The van der Waals surface area contributed by atoms with Crippen molar-refractivity contribution in [2.24, 2.45) is 0 Å². The van der Waals surface area contributed by atoms with Crippen molar-refractivity contribution < 1.29 is 130 Å². The van der Waals surface area contributed by atoms with Crippen LogP contribution in [0.3, 0.4) is 0 Å². The number of ether oxygens (including phenoxy) is 7. The van der Waals surface area contributed by atoms with E-state index in [-0.39, 0.29) is 112 Å². The molecule has 7 unspecified atom stereocenters. The van der Waals surface area contributed by atoms with E-state index >= 15 is 0 Å². The number of anilines is 4. The Kier molecular flexibility index (Phi) is 33.4. The van der Waals surface area contributed by atoms with E-state index in [1.165, 1.54) is 84.6 Å². The first-order valence-corrected chi connectivity index (χ1v) is 62.1. The fraction of sp³-hybridized carbons (Fsp3) is 0.569. The zero-order valence-electron chi connectivity index (χ0n) is 76.6. The van der Waals surface area contributed by atoms with Crippen molar-refractivity contribution in [1.29, 1.82) is 0 Å². The van der Waals surface area contributed by atoms with E-state index in [0.29, 0.717) is 12.0 Å². The number of hydrogen-bond donors (Lipinski definition) is 15. The van der Waals surface area contributed by atoms with E-state index in [1.54, 1.807) is 13.8 Å². The van der Waals surface area contributed by atoms with E-state index in [2.05, 4.69) is 77.0 Å². The lowest BCUT2D eigenvalue weighted by Gasteiger charge is -2.28. The highest BCUT2D eigenvalue weighted by Crippen LogP contribution is 2.61. The lowest BCUT2D eigenvalue weighted by Crippen LogP contribution is -2.33. The summed E-state index contributed by atoms with van der Waals surface area (Å²) in [7, 11) is 1.10. The lowest BCUT2D eigenvalue weighted by molar-refractivity contribution is -0.0571. The second-order valence-corrected chi connectivity index (χ2v) is 53.8. The summed E-state index contributed by atoms with van der Waals surface area (Å²) in [5.74, 6) is -0.314. The van der Waals surface area contributed by atoms with Crippen LogP contribution in [0.1, 0.15) is 124 Å². The highest BCUT2D eigenvalue weighted by Gasteiger charge is 2.52. The maximum absolute atomic E-state index is 14.9. The van der Waals surface area contributed by atoms with Gasteiger partial charge in [-0.15, -0.1) is 0 Å². The Labute approximate surface area is 855 Å². The molecule has 60 nitrogen and oxygen atoms in total. The van der Waals surface area contributed by atoms with Gasteiger partial charge in [0.25, 0.3) is 22.2 Å². The number of thiol groups is 1. The first kappa shape index (κ1) is 110. The monoisotopic (exact) mass is 2310 g/mol. The van der Waals surface area contributed by atoms with Gasteiger partial charge in [0.1, 0.15) is 116 Å². The number of hydrogen-bond acceptors (Lipinski definition) is 49. The van der Waals surface area contributed by atoms with Crippen LogP contribution in [0.5, 0.6) is 0 Å². The number of H-pyrrole nitrogens is 4. The lowest BCUT2D eigenvalue weighted by atomic mass is 10.1. The summed E-state index contributed by atoms with van der Waals surface area (Å²) >= 11 is 37.7. The SMILES string of the molecule is CC[C@H]1O[C@@H](n2cnc3c(=O)[nH]c(N)nc32)C[C@H]1OP(O)(=S)OC[C@H]1O[C@@H](n2cc(C)c(=O)[nH]c2=O)C[C@H]1OP(=O)(S)OC[C@H]1O[C@@H](n2cnc3c(N)ncnc32)C[C@H]1OP(O)(=S)OC[C@H]1O[C@@H](n2cnc3c(N)ncnc32)C[C@H]1OP(O)(=S)OC[C@H]1O[C@@H](n2cc(C)c(=O)[nH]c2=O)C[C@H]1OP(O)(=S)OC[C@H]1O[C@@H](n2cc(C)c(N)nc2=O)C[C@H]1OP(O)(=S)OC[C@H]1O[C@@H](n2cc(C)c(=O)[nH]c2=O)C[C@H]1OP(O)(=S)OC. The molecule has 7 fully saturated rings. The fourth-order valence-electron chi connectivity index (χ4n) is 17.1. The molecule has 7 aliphatic rings. The minimum Gasteiger partial charge on any atom is -0.383 e. The van der Waals surface area contributed by atoms with Gasteiger partial charge in [0, 0.05) is 99.1 Å². The third-order valence-electron chi connectivity index (χ3n) is 24.2. The molecule has 7 aliphatic heterocycles. The van der Waals surface area contributed by atoms with E-state index in [1.807, 2.05) is 0 Å². The number of aromatic nitrogens is 20. The predicted octanol–water partition coefficient (Wildman–Crippen LogP) is 1.47. The van der Waals surface area contributed by atoms with Crippen molar-refractivity contribution >= 4 is 187 Å². The number of nitrogens with two attached hydrogens (primary N) is 4. The van der Waals surface area contributed by atoms with Crippen molar-refractivity contribution in [2.45, 2.75) is 215 Å². The van der Waals surface area contributed by atoms with Crippen LogP contribution >= 0.6 is 59.4 Å². The van der Waals surface area contributed by atoms with Gasteiger partial charge in [-0.05, 0) is 105 Å². The maximum atomic E-state index is 14.9. The summed E-state index contributed by atoms with van der Waals surface area (Å²) in [4.78, 5) is 222. The molecule has 74 heteroatoms. The van der Waals surface area contributed by atoms with E-state index in [9.17, 15) is 72.3 Å². The van der Waals surface area contributed by atoms with Crippen LogP contribution in [0, 0.1) is 27.7 Å². The smallest absolute Gasteiger partial charge is 0.383 e. The third kappa shape index (κ3) is 25.4. The summed E-state index contributed by atoms with van der Waals surface area (Å²) in [6.07, 6.45) is -16.8. The molecule has 0 saturated carbocycles. The molecule has 10 aromatic rings. The van der Waals surface area contributed by atoms with Gasteiger partial charge in [0.05, 0.1) is 101 Å². The highest BCUT2D eigenvalue weighted by atomic mass is 32.7. The first-order valence-electron chi connectivity index (χ1n) is 43.8. The van der Waals surface area contributed by atoms with Crippen molar-refractivity contribution in [2.75, 3.05) is 69.7 Å². The number of rotatable bonds is 41. The molecule has 796 valence electrons. The zero-order valence-corrected chi connectivity index (χ0v) is 88.7. The standard InChI is InChI=1S/C72H95N24O36P7S7/c1-7-34-35(8-54(119-34)96-29-83-57-63(96)85-68(76)86-67(57)100)127-134(106,141)113-20-44-38(11-50(122-44)92-17-32(4)65(98)88-71(92)103)130-137(109,144)117-23-46-41(14-53(124-46)95-28-82-56-60(75)78-26-80-62(56)95)132-139(111,146)118-24-47-40(13-52(125-47)94-27-81-55-59(74)77-25-79-61(55)94)131-138(110,145)116-22-45-39(12-51(123-45)93-18-33(5)66(99)89-72(93)104)129-136(108,143)115-21-43-37(10-48(121-43)90-15-30(2)58(73)84-69(90)101)128-135(107,142)114-19-42-36(126-133(105,140)112-6)9-49(120-42)91-16-31(3)64(97)87-70(91)102/h15-18,25-29,34-54H,7-14,19-24H2,1-6H3,(H,105,140)(H,106,141)(H,107,142)(H,108,143)(H,109,144)(H,110,145)(H,111,146)(H2,73,84,101)(H2,74,77,79)(H2,75,78,80)(H,87,97,102)(H,88,98,103)(H,89,99,104)(H3,76,85,86,100)/t34-,35-,36-,37-,38-,39-,40-,41-,42-,43-,44-,45-,46-,47-,48-,49-,50-,51-,52-,53-,54-,133?,134?,135?,136?,137?,138?,139?/m1/s1. The van der Waals surface area contributed by atoms with E-state index < -0.39 is 267 Å². The molecule has 0 aromatic carbocycles. The molecule has 10 aromatic heterocycles. The Bertz CT molecular complexity index is 7530. The number of fused-ring (bicyclic) bond motifs is 3. The van der Waals surface area contributed by atoms with Crippen molar-refractivity contribution in [3.05, 3.63) is 162 Å². The minimum absolute atomic E-state index is 0.00820. The molecule has 0 radical (unpaired) electrons. The summed E-state index contributed by atoms with van der Waals surface area (Å²) in [6, 6.07) is 0. The number of nitrogens with zero attached hydrogens (tertiary/aromatic N) is 16. The molecule has 7 saturated heterocycles. The summed E-state index contributed by atoms with van der Waals surface area (Å²) in [5.41, 5.74) is 19.3. The van der Waals surface area contributed by atoms with Crippen LogP contribution in [-0.2, 0) is 172 Å². The van der Waals surface area contributed by atoms with E-state index in [4.69, 9.17) is 190 Å². The topological polar surface area (TPSA) is 787 Å². The Balaban J connectivity index is 0.582. The second-order valence-electron chi connectivity index (χ2n) is 34.1. The van der Waals surface area contributed by atoms with E-state index in [0.717, 1.165) is 31.7 Å². The van der Waals surface area contributed by atoms with Gasteiger partial charge in [0.2, 0.25) is 5.95 Å².